The second kappa shape index (κ2) is 9.01. The van der Waals surface area contributed by atoms with Crippen LogP contribution < -0.4 is 10.1 Å². The predicted octanol–water partition coefficient (Wildman–Crippen LogP) is 2.29. The van der Waals surface area contributed by atoms with Crippen LogP contribution in [0.2, 0.25) is 0 Å². The van der Waals surface area contributed by atoms with Gasteiger partial charge in [0.25, 0.3) is 0 Å². The highest BCUT2D eigenvalue weighted by molar-refractivity contribution is 5.76. The number of rotatable bonds is 9. The van der Waals surface area contributed by atoms with E-state index in [4.69, 9.17) is 4.74 Å². The van der Waals surface area contributed by atoms with Crippen molar-refractivity contribution < 1.29 is 19.1 Å². The molecule has 1 unspecified atom stereocenters. The molecule has 0 aliphatic heterocycles. The summed E-state index contributed by atoms with van der Waals surface area (Å²) in [6.07, 6.45) is 0.928. The molecular weight excluding hydrogens is 320 g/mol. The third-order valence-corrected chi connectivity index (χ3v) is 4.11. The minimum Gasteiger partial charge on any atom is -0.497 e. The van der Waals surface area contributed by atoms with Crippen molar-refractivity contribution in [2.24, 2.45) is 5.41 Å². The summed E-state index contributed by atoms with van der Waals surface area (Å²) < 4.78 is 5.13. The van der Waals surface area contributed by atoms with Crippen LogP contribution in [0.3, 0.4) is 0 Å². The second-order valence-corrected chi connectivity index (χ2v) is 6.31. The van der Waals surface area contributed by atoms with Crippen molar-refractivity contribution in [1.29, 1.82) is 0 Å². The highest BCUT2D eigenvalue weighted by Gasteiger charge is 2.32. The van der Waals surface area contributed by atoms with Gasteiger partial charge in [-0.1, -0.05) is 25.6 Å². The average molecular weight is 346 g/mol. The fourth-order valence-corrected chi connectivity index (χ4v) is 2.48. The van der Waals surface area contributed by atoms with Gasteiger partial charge in [-0.15, -0.1) is 0 Å². The fraction of sp³-hybridized carbons (Fsp3) is 0.421. The van der Waals surface area contributed by atoms with Crippen molar-refractivity contribution in [1.82, 2.24) is 10.2 Å². The van der Waals surface area contributed by atoms with Crippen molar-refractivity contribution in [3.05, 3.63) is 42.1 Å². The van der Waals surface area contributed by atoms with E-state index in [9.17, 15) is 14.4 Å². The van der Waals surface area contributed by atoms with Crippen LogP contribution >= 0.6 is 0 Å². The molecule has 1 rings (SSSR count). The first-order valence-corrected chi connectivity index (χ1v) is 8.01. The highest BCUT2D eigenvalue weighted by atomic mass is 16.5. The van der Waals surface area contributed by atoms with E-state index in [1.54, 1.807) is 12.0 Å². The summed E-state index contributed by atoms with van der Waals surface area (Å²) in [6.45, 7) is 9.21. The lowest BCUT2D eigenvalue weighted by Gasteiger charge is -2.35. The Morgan fingerprint density at radius 1 is 1.28 bits per heavy atom. The highest BCUT2D eigenvalue weighted by Crippen LogP contribution is 2.29. The molecule has 1 atom stereocenters. The Hall–Kier alpha value is -2.63. The summed E-state index contributed by atoms with van der Waals surface area (Å²) in [6, 6.07) is 7.42. The monoisotopic (exact) mass is 346 g/mol. The number of hydrogen-bond donors (Lipinski definition) is 1. The lowest BCUT2D eigenvalue weighted by atomic mass is 9.83. The van der Waals surface area contributed by atoms with Gasteiger partial charge < -0.3 is 19.7 Å². The Morgan fingerprint density at radius 2 is 1.88 bits per heavy atom. The molecule has 2 amide bonds. The van der Waals surface area contributed by atoms with Gasteiger partial charge in [0.2, 0.25) is 11.8 Å². The zero-order valence-corrected chi connectivity index (χ0v) is 15.3. The lowest BCUT2D eigenvalue weighted by Crippen LogP contribution is -2.43. The molecule has 6 nitrogen and oxygen atoms in total. The number of carbonyl (C=O) groups excluding carboxylic acids is 3. The first kappa shape index (κ1) is 20.4. The molecule has 0 saturated heterocycles. The molecule has 1 aromatic carbocycles. The quantitative estimate of drug-likeness (QED) is 0.696. The largest absolute Gasteiger partial charge is 0.497 e. The van der Waals surface area contributed by atoms with Crippen LogP contribution in [-0.2, 0) is 20.9 Å². The maximum Gasteiger partial charge on any atom is 0.220 e. The van der Waals surface area contributed by atoms with Gasteiger partial charge in [-0.05, 0) is 17.7 Å². The topological polar surface area (TPSA) is 75.7 Å². The number of nitrogens with zero attached hydrogens (tertiary/aromatic N) is 1. The number of amides is 2. The Balaban J connectivity index is 2.98. The van der Waals surface area contributed by atoms with Crippen LogP contribution in [0.5, 0.6) is 5.75 Å². The summed E-state index contributed by atoms with van der Waals surface area (Å²) in [5.41, 5.74) is 0.619. The standard InChI is InChI=1S/C19H26N2O4/c1-14(20-15(2)23)19(4,10-11-22)13-21(16(3)24)12-17-6-8-18(25-5)9-7-17/h6-9,11H,1,10,12-13H2,2-5H3,(H,20,23). The van der Waals surface area contributed by atoms with Crippen LogP contribution in [-0.4, -0.2) is 36.7 Å². The van der Waals surface area contributed by atoms with Gasteiger partial charge in [0.15, 0.2) is 0 Å². The number of aldehydes is 1. The smallest absolute Gasteiger partial charge is 0.220 e. The molecule has 6 heteroatoms. The zero-order valence-electron chi connectivity index (χ0n) is 15.3. The van der Waals surface area contributed by atoms with Gasteiger partial charge in [0.05, 0.1) is 7.11 Å². The second-order valence-electron chi connectivity index (χ2n) is 6.31. The van der Waals surface area contributed by atoms with E-state index in [0.29, 0.717) is 12.2 Å². The van der Waals surface area contributed by atoms with Gasteiger partial charge in [-0.25, -0.2) is 0 Å². The molecule has 0 fully saturated rings. The molecule has 136 valence electrons. The summed E-state index contributed by atoms with van der Waals surface area (Å²) in [7, 11) is 1.59. The molecule has 0 saturated carbocycles. The predicted molar refractivity (Wildman–Crippen MR) is 95.8 cm³/mol. The van der Waals surface area contributed by atoms with Gasteiger partial charge >= 0.3 is 0 Å². The van der Waals surface area contributed by atoms with Crippen molar-refractivity contribution in [3.8, 4) is 5.75 Å². The van der Waals surface area contributed by atoms with Crippen LogP contribution in [0.25, 0.3) is 0 Å². The van der Waals surface area contributed by atoms with Gasteiger partial charge in [0, 0.05) is 44.5 Å². The molecule has 0 aromatic heterocycles. The molecule has 0 aliphatic rings. The lowest BCUT2D eigenvalue weighted by molar-refractivity contribution is -0.131. The van der Waals surface area contributed by atoms with Crippen molar-refractivity contribution >= 4 is 18.1 Å². The van der Waals surface area contributed by atoms with Crippen LogP contribution in [0, 0.1) is 5.41 Å². The summed E-state index contributed by atoms with van der Waals surface area (Å²) >= 11 is 0. The van der Waals surface area contributed by atoms with E-state index in [-0.39, 0.29) is 24.8 Å². The number of hydrogen-bond acceptors (Lipinski definition) is 4. The number of ether oxygens (including phenoxy) is 1. The zero-order chi connectivity index (χ0) is 19.0. The summed E-state index contributed by atoms with van der Waals surface area (Å²) in [5, 5.41) is 2.64. The number of benzene rings is 1. The van der Waals surface area contributed by atoms with Crippen LogP contribution in [0.4, 0.5) is 0 Å². The minimum absolute atomic E-state index is 0.122. The Bertz CT molecular complexity index is 639. The van der Waals surface area contributed by atoms with Crippen LogP contribution in [0.15, 0.2) is 36.5 Å². The molecule has 0 aliphatic carbocycles. The first-order chi connectivity index (χ1) is 11.7. The van der Waals surface area contributed by atoms with Crippen molar-refractivity contribution in [2.75, 3.05) is 13.7 Å². The van der Waals surface area contributed by atoms with Gasteiger partial charge in [-0.3, -0.25) is 9.59 Å². The Morgan fingerprint density at radius 3 is 2.32 bits per heavy atom. The fourth-order valence-electron chi connectivity index (χ4n) is 2.48. The van der Waals surface area contributed by atoms with E-state index >= 15 is 0 Å². The van der Waals surface area contributed by atoms with Gasteiger partial charge in [-0.2, -0.15) is 0 Å². The van der Waals surface area contributed by atoms with E-state index in [1.807, 2.05) is 31.2 Å². The maximum absolute atomic E-state index is 12.1. The SMILES string of the molecule is C=C(NC(C)=O)C(C)(CC=O)CN(Cc1ccc(OC)cc1)C(C)=O. The van der Waals surface area contributed by atoms with Gasteiger partial charge in [0.1, 0.15) is 12.0 Å². The normalized spacial score (nSPS) is 12.6. The Kier molecular flexibility index (Phi) is 7.36. The number of carbonyl (C=O) groups is 3. The molecule has 0 bridgehead atoms. The molecule has 1 aromatic rings. The molecule has 0 heterocycles. The maximum atomic E-state index is 12.1. The van der Waals surface area contributed by atoms with Crippen molar-refractivity contribution in [2.45, 2.75) is 33.7 Å². The average Bonchev–Trinajstić information content (AvgIpc) is 2.54. The molecular formula is C19H26N2O4. The van der Waals surface area contributed by atoms with Crippen molar-refractivity contribution in [3.63, 3.8) is 0 Å². The minimum atomic E-state index is -0.744. The van der Waals surface area contributed by atoms with E-state index in [2.05, 4.69) is 11.9 Å². The van der Waals surface area contributed by atoms with E-state index < -0.39 is 5.41 Å². The third-order valence-electron chi connectivity index (χ3n) is 4.11. The Labute approximate surface area is 148 Å². The third kappa shape index (κ3) is 6.06. The first-order valence-electron chi connectivity index (χ1n) is 8.01. The summed E-state index contributed by atoms with van der Waals surface area (Å²) in [5.74, 6) is 0.359. The van der Waals surface area contributed by atoms with Crippen LogP contribution in [0.1, 0.15) is 32.8 Å². The number of nitrogens with one attached hydrogen (secondary N) is 1. The number of methoxy groups -OCH3 is 1. The summed E-state index contributed by atoms with van der Waals surface area (Å²) in [4.78, 5) is 36.2. The molecule has 0 spiro atoms. The van der Waals surface area contributed by atoms with E-state index in [0.717, 1.165) is 17.6 Å². The molecule has 0 radical (unpaired) electrons. The van der Waals surface area contributed by atoms with E-state index in [1.165, 1.54) is 13.8 Å². The molecule has 25 heavy (non-hydrogen) atoms. The molecule has 1 N–H and O–H groups in total.